The van der Waals surface area contributed by atoms with Crippen molar-refractivity contribution < 1.29 is 4.74 Å². The Balaban J connectivity index is 1.34. The van der Waals surface area contributed by atoms with Crippen molar-refractivity contribution in [3.8, 4) is 5.75 Å². The molecule has 0 aliphatic carbocycles. The van der Waals surface area contributed by atoms with Crippen LogP contribution in [-0.4, -0.2) is 46.2 Å². The Labute approximate surface area is 153 Å². The minimum Gasteiger partial charge on any atom is -0.496 e. The first-order valence-electron chi connectivity index (χ1n) is 9.17. The number of fused-ring (bicyclic) bond motifs is 1. The molecule has 4 rings (SSSR count). The molecule has 5 nitrogen and oxygen atoms in total. The molecule has 2 aromatic heterocycles. The number of rotatable bonds is 5. The highest BCUT2D eigenvalue weighted by Crippen LogP contribution is 2.27. The lowest BCUT2D eigenvalue weighted by Crippen LogP contribution is -2.33. The van der Waals surface area contributed by atoms with E-state index in [0.717, 1.165) is 55.3 Å². The summed E-state index contributed by atoms with van der Waals surface area (Å²) in [6, 6.07) is 14.2. The van der Waals surface area contributed by atoms with E-state index in [0.29, 0.717) is 5.92 Å². The highest BCUT2D eigenvalue weighted by molar-refractivity contribution is 5.57. The number of piperidine rings is 1. The predicted molar refractivity (Wildman–Crippen MR) is 103 cm³/mol. The Morgan fingerprint density at radius 3 is 2.73 bits per heavy atom. The van der Waals surface area contributed by atoms with Crippen molar-refractivity contribution in [3.05, 3.63) is 66.1 Å². The summed E-state index contributed by atoms with van der Waals surface area (Å²) in [5.74, 6) is 2.51. The predicted octanol–water partition coefficient (Wildman–Crippen LogP) is 3.63. The zero-order valence-corrected chi connectivity index (χ0v) is 15.1. The Bertz CT molecular complexity index is 894. The number of hydrogen-bond donors (Lipinski definition) is 0. The van der Waals surface area contributed by atoms with E-state index in [4.69, 9.17) is 4.74 Å². The molecule has 0 bridgehead atoms. The molecule has 134 valence electrons. The van der Waals surface area contributed by atoms with Gasteiger partial charge < -0.3 is 4.74 Å². The van der Waals surface area contributed by atoms with Gasteiger partial charge in [0.15, 0.2) is 5.65 Å². The molecule has 1 aliphatic rings. The van der Waals surface area contributed by atoms with E-state index in [-0.39, 0.29) is 0 Å². The van der Waals surface area contributed by atoms with Gasteiger partial charge in [0, 0.05) is 24.2 Å². The van der Waals surface area contributed by atoms with Crippen molar-refractivity contribution in [2.45, 2.75) is 18.8 Å². The molecule has 26 heavy (non-hydrogen) atoms. The van der Waals surface area contributed by atoms with E-state index in [1.807, 2.05) is 36.4 Å². The molecule has 0 amide bonds. The van der Waals surface area contributed by atoms with Crippen LogP contribution in [0.1, 0.15) is 30.1 Å². The van der Waals surface area contributed by atoms with Gasteiger partial charge >= 0.3 is 0 Å². The van der Waals surface area contributed by atoms with Gasteiger partial charge in [0.2, 0.25) is 0 Å². The standard InChI is InChI=1S/C21H24N4O/c1-26-19-9-3-2-7-17(19)8-6-13-24-15-11-18(12-16-24)21-23-22-20-10-4-5-14-25(20)21/h2-10,14,18H,11-13,15-16H2,1H3. The molecule has 1 fully saturated rings. The molecule has 0 atom stereocenters. The molecule has 3 aromatic rings. The highest BCUT2D eigenvalue weighted by Gasteiger charge is 2.23. The van der Waals surface area contributed by atoms with Gasteiger partial charge in [-0.05, 0) is 44.1 Å². The monoisotopic (exact) mass is 348 g/mol. The minimum atomic E-state index is 0.488. The highest BCUT2D eigenvalue weighted by atomic mass is 16.5. The third-order valence-electron chi connectivity index (χ3n) is 5.09. The molecule has 5 heteroatoms. The van der Waals surface area contributed by atoms with Crippen LogP contribution < -0.4 is 4.74 Å². The smallest absolute Gasteiger partial charge is 0.160 e. The normalized spacial score (nSPS) is 16.5. The maximum Gasteiger partial charge on any atom is 0.160 e. The summed E-state index contributed by atoms with van der Waals surface area (Å²) in [4.78, 5) is 2.49. The van der Waals surface area contributed by atoms with E-state index >= 15 is 0 Å². The molecule has 1 aliphatic heterocycles. The van der Waals surface area contributed by atoms with Crippen LogP contribution in [0.3, 0.4) is 0 Å². The summed E-state index contributed by atoms with van der Waals surface area (Å²) in [6.07, 6.45) is 8.69. The second-order valence-corrected chi connectivity index (χ2v) is 6.71. The fourth-order valence-electron chi connectivity index (χ4n) is 3.64. The zero-order chi connectivity index (χ0) is 17.8. The second-order valence-electron chi connectivity index (χ2n) is 6.71. The summed E-state index contributed by atoms with van der Waals surface area (Å²) in [5.41, 5.74) is 2.06. The fraction of sp³-hybridized carbons (Fsp3) is 0.333. The number of hydrogen-bond acceptors (Lipinski definition) is 4. The first kappa shape index (κ1) is 16.8. The van der Waals surface area contributed by atoms with E-state index in [2.05, 4.69) is 43.9 Å². The topological polar surface area (TPSA) is 42.7 Å². The molecule has 0 saturated carbocycles. The molecular weight excluding hydrogens is 324 g/mol. The van der Waals surface area contributed by atoms with Crippen molar-refractivity contribution in [2.75, 3.05) is 26.7 Å². The van der Waals surface area contributed by atoms with Gasteiger partial charge in [0.05, 0.1) is 7.11 Å². The number of pyridine rings is 1. The van der Waals surface area contributed by atoms with Crippen LogP contribution >= 0.6 is 0 Å². The van der Waals surface area contributed by atoms with Crippen LogP contribution in [0.5, 0.6) is 5.75 Å². The van der Waals surface area contributed by atoms with Crippen LogP contribution in [0.4, 0.5) is 0 Å². The van der Waals surface area contributed by atoms with Gasteiger partial charge in [-0.3, -0.25) is 9.30 Å². The third-order valence-corrected chi connectivity index (χ3v) is 5.09. The summed E-state index contributed by atoms with van der Waals surface area (Å²) < 4.78 is 7.53. The van der Waals surface area contributed by atoms with Crippen LogP contribution in [0.25, 0.3) is 11.7 Å². The summed E-state index contributed by atoms with van der Waals surface area (Å²) in [5, 5.41) is 8.72. The minimum absolute atomic E-state index is 0.488. The Morgan fingerprint density at radius 2 is 1.88 bits per heavy atom. The molecule has 0 unspecified atom stereocenters. The first-order valence-corrected chi connectivity index (χ1v) is 9.17. The largest absolute Gasteiger partial charge is 0.496 e. The molecular formula is C21H24N4O. The summed E-state index contributed by atoms with van der Waals surface area (Å²) in [6.45, 7) is 3.14. The fourth-order valence-corrected chi connectivity index (χ4v) is 3.64. The second kappa shape index (κ2) is 7.70. The van der Waals surface area contributed by atoms with E-state index in [1.54, 1.807) is 7.11 Å². The average molecular weight is 348 g/mol. The molecule has 0 spiro atoms. The number of aromatic nitrogens is 3. The van der Waals surface area contributed by atoms with Crippen molar-refractivity contribution in [2.24, 2.45) is 0 Å². The van der Waals surface area contributed by atoms with E-state index < -0.39 is 0 Å². The third kappa shape index (κ3) is 3.48. The molecule has 0 N–H and O–H groups in total. The average Bonchev–Trinajstić information content (AvgIpc) is 3.13. The number of para-hydroxylation sites is 1. The van der Waals surface area contributed by atoms with Crippen LogP contribution in [0.15, 0.2) is 54.7 Å². The van der Waals surface area contributed by atoms with Gasteiger partial charge in [-0.15, -0.1) is 10.2 Å². The van der Waals surface area contributed by atoms with Crippen molar-refractivity contribution in [1.29, 1.82) is 0 Å². The maximum atomic E-state index is 5.40. The maximum absolute atomic E-state index is 5.40. The quantitative estimate of drug-likeness (QED) is 0.706. The lowest BCUT2D eigenvalue weighted by atomic mass is 9.96. The Hall–Kier alpha value is -2.66. The Kier molecular flexibility index (Phi) is 4.97. The number of methoxy groups -OCH3 is 1. The molecule has 0 radical (unpaired) electrons. The van der Waals surface area contributed by atoms with Crippen molar-refractivity contribution in [3.63, 3.8) is 0 Å². The van der Waals surface area contributed by atoms with Gasteiger partial charge in [-0.25, -0.2) is 0 Å². The number of nitrogens with zero attached hydrogens (tertiary/aromatic N) is 4. The molecule has 3 heterocycles. The molecule has 1 aromatic carbocycles. The zero-order valence-electron chi connectivity index (χ0n) is 15.1. The first-order chi connectivity index (χ1) is 12.8. The number of ether oxygens (including phenoxy) is 1. The number of likely N-dealkylation sites (tertiary alicyclic amines) is 1. The van der Waals surface area contributed by atoms with Crippen LogP contribution in [0, 0.1) is 0 Å². The van der Waals surface area contributed by atoms with Gasteiger partial charge in [0.25, 0.3) is 0 Å². The lowest BCUT2D eigenvalue weighted by molar-refractivity contribution is 0.229. The SMILES string of the molecule is COc1ccccc1C=CCN1CCC(c2nnc3ccccn23)CC1. The van der Waals surface area contributed by atoms with Crippen molar-refractivity contribution >= 4 is 11.7 Å². The van der Waals surface area contributed by atoms with E-state index in [1.165, 1.54) is 0 Å². The van der Waals surface area contributed by atoms with Gasteiger partial charge in [-0.2, -0.15) is 0 Å². The van der Waals surface area contributed by atoms with E-state index in [9.17, 15) is 0 Å². The van der Waals surface area contributed by atoms with Gasteiger partial charge in [0.1, 0.15) is 11.6 Å². The number of benzene rings is 1. The van der Waals surface area contributed by atoms with Crippen molar-refractivity contribution in [1.82, 2.24) is 19.5 Å². The summed E-state index contributed by atoms with van der Waals surface area (Å²) >= 11 is 0. The Morgan fingerprint density at radius 1 is 1.08 bits per heavy atom. The van der Waals surface area contributed by atoms with Crippen LogP contribution in [0.2, 0.25) is 0 Å². The lowest BCUT2D eigenvalue weighted by Gasteiger charge is -2.30. The molecule has 1 saturated heterocycles. The summed E-state index contributed by atoms with van der Waals surface area (Å²) in [7, 11) is 1.71. The van der Waals surface area contributed by atoms with Gasteiger partial charge in [-0.1, -0.05) is 36.4 Å². The van der Waals surface area contributed by atoms with Crippen LogP contribution in [-0.2, 0) is 0 Å².